The van der Waals surface area contributed by atoms with Crippen LogP contribution in [0.15, 0.2) is 36.4 Å². The Morgan fingerprint density at radius 2 is 2.05 bits per heavy atom. The lowest BCUT2D eigenvalue weighted by Gasteiger charge is -2.33. The van der Waals surface area contributed by atoms with Crippen LogP contribution in [0.1, 0.15) is 33.6 Å². The molecule has 2 saturated heterocycles. The second kappa shape index (κ2) is 13.5. The summed E-state index contributed by atoms with van der Waals surface area (Å²) in [4.78, 5) is 26.3. The molecule has 1 amide bonds. The molecule has 5 rings (SSSR count). The van der Waals surface area contributed by atoms with Gasteiger partial charge in [0, 0.05) is 49.2 Å². The van der Waals surface area contributed by atoms with Crippen molar-refractivity contribution < 1.29 is 23.8 Å². The fraction of sp³-hybridized carbons (Fsp3) is 0.387. The van der Waals surface area contributed by atoms with Crippen molar-refractivity contribution in [3.8, 4) is 23.7 Å². The van der Waals surface area contributed by atoms with Crippen molar-refractivity contribution in [1.29, 1.82) is 5.26 Å². The van der Waals surface area contributed by atoms with Gasteiger partial charge in [-0.25, -0.2) is 4.79 Å². The number of cyclic esters (lactones) is 2. The van der Waals surface area contributed by atoms with Crippen LogP contribution in [-0.4, -0.2) is 76.1 Å². The lowest BCUT2D eigenvalue weighted by Crippen LogP contribution is -2.43. The van der Waals surface area contributed by atoms with Crippen LogP contribution in [0.5, 0.6) is 5.75 Å². The molecule has 0 saturated carbocycles. The number of methoxy groups -OCH3 is 1. The molecule has 10 nitrogen and oxygen atoms in total. The molecule has 3 N–H and O–H groups in total. The van der Waals surface area contributed by atoms with Crippen molar-refractivity contribution in [1.82, 2.24) is 10.2 Å². The van der Waals surface area contributed by atoms with Crippen molar-refractivity contribution >= 4 is 44.9 Å². The van der Waals surface area contributed by atoms with E-state index in [1.54, 1.807) is 43.7 Å². The van der Waals surface area contributed by atoms with Crippen LogP contribution in [0, 0.1) is 23.2 Å². The highest BCUT2D eigenvalue weighted by atomic mass is 32.1. The number of hydrogen-bond acceptors (Lipinski definition) is 10. The van der Waals surface area contributed by atoms with E-state index in [2.05, 4.69) is 50.9 Å². The second-order valence-electron chi connectivity index (χ2n) is 10.1. The summed E-state index contributed by atoms with van der Waals surface area (Å²) in [6.07, 6.45) is 1.46. The predicted molar refractivity (Wildman–Crippen MR) is 162 cm³/mol. The number of anilines is 2. The zero-order valence-corrected chi connectivity index (χ0v) is 24.4. The van der Waals surface area contributed by atoms with Crippen molar-refractivity contribution in [2.75, 3.05) is 57.6 Å². The molecule has 11 heteroatoms. The third-order valence-corrected chi connectivity index (χ3v) is 8.59. The van der Waals surface area contributed by atoms with Crippen molar-refractivity contribution in [3.63, 3.8) is 0 Å². The van der Waals surface area contributed by atoms with Crippen molar-refractivity contribution in [2.24, 2.45) is 0 Å². The quantitative estimate of drug-likeness (QED) is 0.249. The summed E-state index contributed by atoms with van der Waals surface area (Å²) in [5, 5.41) is 20.2. The summed E-state index contributed by atoms with van der Waals surface area (Å²) in [7, 11) is 3.15. The van der Waals surface area contributed by atoms with E-state index in [0.717, 1.165) is 57.8 Å². The zero-order valence-electron chi connectivity index (χ0n) is 23.6. The Morgan fingerprint density at radius 3 is 2.76 bits per heavy atom. The third-order valence-electron chi connectivity index (χ3n) is 7.39. The summed E-state index contributed by atoms with van der Waals surface area (Å²) >= 11 is 1.61. The van der Waals surface area contributed by atoms with E-state index in [-0.39, 0.29) is 18.4 Å². The number of piperidine rings is 1. The molecule has 1 unspecified atom stereocenters. The first-order valence-corrected chi connectivity index (χ1v) is 14.7. The van der Waals surface area contributed by atoms with Gasteiger partial charge in [0.25, 0.3) is 5.91 Å². The van der Waals surface area contributed by atoms with Gasteiger partial charge in [-0.15, -0.1) is 11.3 Å². The highest BCUT2D eigenvalue weighted by Gasteiger charge is 2.29. The van der Waals surface area contributed by atoms with Gasteiger partial charge < -0.3 is 30.2 Å². The summed E-state index contributed by atoms with van der Waals surface area (Å²) in [5.74, 6) is 6.84. The normalized spacial score (nSPS) is 17.0. The molecule has 0 aliphatic carbocycles. The number of rotatable bonds is 9. The van der Waals surface area contributed by atoms with E-state index in [1.165, 1.54) is 0 Å². The minimum absolute atomic E-state index is 0.183. The zero-order chi connectivity index (χ0) is 29.5. The Hall–Kier alpha value is -4.45. The summed E-state index contributed by atoms with van der Waals surface area (Å²) in [6, 6.07) is 14.0. The van der Waals surface area contributed by atoms with E-state index in [4.69, 9.17) is 14.2 Å². The van der Waals surface area contributed by atoms with E-state index in [0.29, 0.717) is 37.1 Å². The van der Waals surface area contributed by atoms with Crippen LogP contribution in [0.4, 0.5) is 16.2 Å². The number of fused-ring (bicyclic) bond motifs is 1. The molecular formula is C31H33N5O5S. The number of amides is 1. The maximum atomic E-state index is 11.9. The molecule has 0 bridgehead atoms. The van der Waals surface area contributed by atoms with Crippen LogP contribution in [0.3, 0.4) is 0 Å². The van der Waals surface area contributed by atoms with Crippen LogP contribution in [0.25, 0.3) is 10.1 Å². The number of thiophene rings is 1. The summed E-state index contributed by atoms with van der Waals surface area (Å²) < 4.78 is 16.6. The van der Waals surface area contributed by atoms with Crippen LogP contribution in [-0.2, 0) is 15.9 Å². The Kier molecular flexibility index (Phi) is 9.32. The molecule has 1 atom stereocenters. The minimum Gasteiger partial charge on any atom is -0.495 e. The predicted octanol–water partition coefficient (Wildman–Crippen LogP) is 4.21. The average Bonchev–Trinajstić information content (AvgIpc) is 3.59. The number of ether oxygens (including phenoxy) is 3. The number of nitriles is 1. The van der Waals surface area contributed by atoms with Gasteiger partial charge in [-0.2, -0.15) is 5.26 Å². The Bertz CT molecular complexity index is 1560. The van der Waals surface area contributed by atoms with Gasteiger partial charge in [0.05, 0.1) is 47.1 Å². The van der Waals surface area contributed by atoms with Gasteiger partial charge in [0.2, 0.25) is 0 Å². The highest BCUT2D eigenvalue weighted by Crippen LogP contribution is 2.37. The number of carbonyl (C=O) groups is 2. The monoisotopic (exact) mass is 587 g/mol. The molecule has 3 aromatic rings. The molecule has 2 fully saturated rings. The lowest BCUT2D eigenvalue weighted by atomic mass is 10.0. The highest BCUT2D eigenvalue weighted by molar-refractivity contribution is 7.20. The third kappa shape index (κ3) is 6.71. The maximum Gasteiger partial charge on any atom is 0.508 e. The largest absolute Gasteiger partial charge is 0.508 e. The van der Waals surface area contributed by atoms with E-state index < -0.39 is 6.16 Å². The van der Waals surface area contributed by atoms with Gasteiger partial charge in [0.1, 0.15) is 12.4 Å². The van der Waals surface area contributed by atoms with Crippen LogP contribution >= 0.6 is 11.3 Å². The Balaban J connectivity index is 1.25. The first kappa shape index (κ1) is 29.1. The molecule has 42 heavy (non-hydrogen) atoms. The molecule has 2 aliphatic rings. The molecule has 2 aromatic carbocycles. The SMILES string of the molecule is CNC(=O)c1ccc(NCC#Cc2sc3c(NC4CCN(CC5COC(=O)O5)CC4)cccc3c2CC#N)c(OC)c1. The average molecular weight is 588 g/mol. The molecule has 0 radical (unpaired) electrons. The first-order valence-electron chi connectivity index (χ1n) is 13.9. The number of likely N-dealkylation sites (tertiary alicyclic amines) is 1. The molecular weight excluding hydrogens is 554 g/mol. The Morgan fingerprint density at radius 1 is 1.21 bits per heavy atom. The fourth-order valence-electron chi connectivity index (χ4n) is 5.25. The molecule has 0 spiro atoms. The topological polar surface area (TPSA) is 125 Å². The molecule has 218 valence electrons. The first-order chi connectivity index (χ1) is 20.5. The van der Waals surface area contributed by atoms with Gasteiger partial charge >= 0.3 is 6.16 Å². The van der Waals surface area contributed by atoms with E-state index in [1.807, 2.05) is 6.07 Å². The smallest absolute Gasteiger partial charge is 0.495 e. The second-order valence-corrected chi connectivity index (χ2v) is 11.1. The molecule has 1 aromatic heterocycles. The number of nitrogens with zero attached hydrogens (tertiary/aromatic N) is 2. The minimum atomic E-state index is -0.578. The van der Waals surface area contributed by atoms with Crippen LogP contribution in [0.2, 0.25) is 0 Å². The fourth-order valence-corrected chi connectivity index (χ4v) is 6.42. The van der Waals surface area contributed by atoms with Crippen molar-refractivity contribution in [2.45, 2.75) is 31.4 Å². The van der Waals surface area contributed by atoms with Gasteiger partial charge in [0.15, 0.2) is 6.10 Å². The van der Waals surface area contributed by atoms with Gasteiger partial charge in [-0.3, -0.25) is 9.69 Å². The standard InChI is InChI=1S/C31H33N5O5S/c1-33-30(37)20-8-9-25(27(17-20)39-2)34-14-4-7-28-23(10-13-32)24-5-3-6-26(29(24)42-28)35-21-11-15-36(16-12-21)18-22-19-40-31(38)41-22/h3,5-6,8-9,17,21-22,34-35H,10-12,14-16,18-19H2,1-2H3,(H,33,37). The number of benzene rings is 2. The van der Waals surface area contributed by atoms with Crippen LogP contribution < -0.4 is 20.7 Å². The molecule has 2 aliphatic heterocycles. The van der Waals surface area contributed by atoms with Gasteiger partial charge in [-0.1, -0.05) is 24.0 Å². The number of nitrogens with one attached hydrogen (secondary N) is 3. The van der Waals surface area contributed by atoms with Gasteiger partial charge in [-0.05, 0) is 37.1 Å². The summed E-state index contributed by atoms with van der Waals surface area (Å²) in [6.45, 7) is 3.21. The Labute approximate surface area is 248 Å². The molecule has 3 heterocycles. The maximum absolute atomic E-state index is 11.9. The van der Waals surface area contributed by atoms with E-state index >= 15 is 0 Å². The van der Waals surface area contributed by atoms with Crippen molar-refractivity contribution in [3.05, 3.63) is 52.4 Å². The van der Waals surface area contributed by atoms with E-state index in [9.17, 15) is 14.9 Å². The number of carbonyl (C=O) groups excluding carboxylic acids is 2. The summed E-state index contributed by atoms with van der Waals surface area (Å²) in [5.41, 5.74) is 3.26. The lowest BCUT2D eigenvalue weighted by molar-refractivity contribution is 0.0942. The number of hydrogen-bond donors (Lipinski definition) is 3.